The fourth-order valence-electron chi connectivity index (χ4n) is 4.84. The highest BCUT2D eigenvalue weighted by molar-refractivity contribution is 14.1. The lowest BCUT2D eigenvalue weighted by Gasteiger charge is -2.35. The van der Waals surface area contributed by atoms with Gasteiger partial charge in [0, 0.05) is 35.3 Å². The topological polar surface area (TPSA) is 59.7 Å². The Bertz CT molecular complexity index is 1510. The molecule has 8 heteroatoms. The highest BCUT2D eigenvalue weighted by Gasteiger charge is 2.23. The molecule has 0 N–H and O–H groups in total. The molecule has 4 aromatic rings. The third-order valence-corrected chi connectivity index (χ3v) is 7.44. The largest absolute Gasteiger partial charge is 0.496 e. The number of hydrogen-bond acceptors (Lipinski definition) is 5. The molecule has 1 saturated heterocycles. The standard InChI is InChI=1S/C28H29IN4O3/c1-30-12-14-31(15-13-30)23-16-22(29)17-24-26(23)27(34)33(19-21-10-6-7-11-25(21)36-2)28(35)32(24)18-20-8-4-3-5-9-20/h3-11,16-17H,12-15,18-19H2,1-2H3. The van der Waals surface area contributed by atoms with Crippen molar-refractivity contribution in [2.75, 3.05) is 45.2 Å². The molecule has 186 valence electrons. The Morgan fingerprint density at radius 3 is 2.28 bits per heavy atom. The van der Waals surface area contributed by atoms with Crippen LogP contribution >= 0.6 is 22.6 Å². The van der Waals surface area contributed by atoms with Crippen LogP contribution in [0, 0.1) is 3.57 Å². The van der Waals surface area contributed by atoms with Crippen LogP contribution in [-0.4, -0.2) is 54.4 Å². The smallest absolute Gasteiger partial charge is 0.332 e. The molecule has 1 aliphatic heterocycles. The van der Waals surface area contributed by atoms with E-state index in [4.69, 9.17) is 4.74 Å². The van der Waals surface area contributed by atoms with Crippen molar-refractivity contribution >= 4 is 39.2 Å². The second-order valence-corrected chi connectivity index (χ2v) is 10.4. The monoisotopic (exact) mass is 596 g/mol. The van der Waals surface area contributed by atoms with E-state index in [0.717, 1.165) is 46.6 Å². The number of para-hydroxylation sites is 1. The van der Waals surface area contributed by atoms with Crippen molar-refractivity contribution in [2.24, 2.45) is 0 Å². The number of hydrogen-bond donors (Lipinski definition) is 0. The molecule has 5 rings (SSSR count). The number of nitrogens with zero attached hydrogens (tertiary/aromatic N) is 4. The summed E-state index contributed by atoms with van der Waals surface area (Å²) in [7, 11) is 3.71. The second kappa shape index (κ2) is 10.5. The summed E-state index contributed by atoms with van der Waals surface area (Å²) in [6, 6.07) is 21.4. The van der Waals surface area contributed by atoms with E-state index in [1.165, 1.54) is 4.57 Å². The summed E-state index contributed by atoms with van der Waals surface area (Å²) < 4.78 is 9.61. The van der Waals surface area contributed by atoms with Crippen LogP contribution in [0.2, 0.25) is 0 Å². The summed E-state index contributed by atoms with van der Waals surface area (Å²) in [4.78, 5) is 32.5. The van der Waals surface area contributed by atoms with Gasteiger partial charge in [-0.1, -0.05) is 48.5 Å². The Kier molecular flexibility index (Phi) is 7.15. The van der Waals surface area contributed by atoms with E-state index < -0.39 is 0 Å². The zero-order chi connectivity index (χ0) is 25.2. The quantitative estimate of drug-likeness (QED) is 0.319. The first-order valence-electron chi connectivity index (χ1n) is 12.0. The normalized spacial score (nSPS) is 14.4. The summed E-state index contributed by atoms with van der Waals surface area (Å²) in [5, 5.41) is 0.588. The van der Waals surface area contributed by atoms with Gasteiger partial charge in [-0.2, -0.15) is 0 Å². The van der Waals surface area contributed by atoms with Gasteiger partial charge in [-0.15, -0.1) is 0 Å². The van der Waals surface area contributed by atoms with Crippen molar-refractivity contribution in [1.82, 2.24) is 14.0 Å². The molecular weight excluding hydrogens is 567 g/mol. The van der Waals surface area contributed by atoms with E-state index >= 15 is 0 Å². The average Bonchev–Trinajstić information content (AvgIpc) is 2.89. The first kappa shape index (κ1) is 24.6. The summed E-state index contributed by atoms with van der Waals surface area (Å²) in [5.74, 6) is 0.653. The van der Waals surface area contributed by atoms with Crippen LogP contribution in [-0.2, 0) is 13.1 Å². The fourth-order valence-corrected chi connectivity index (χ4v) is 5.43. The molecule has 0 unspecified atom stereocenters. The Balaban J connectivity index is 1.76. The number of benzene rings is 3. The molecule has 7 nitrogen and oxygen atoms in total. The molecular formula is C28H29IN4O3. The van der Waals surface area contributed by atoms with Crippen LogP contribution in [0.3, 0.4) is 0 Å². The van der Waals surface area contributed by atoms with Crippen LogP contribution < -0.4 is 20.9 Å². The van der Waals surface area contributed by atoms with Crippen molar-refractivity contribution in [2.45, 2.75) is 13.1 Å². The highest BCUT2D eigenvalue weighted by Crippen LogP contribution is 2.28. The molecule has 0 saturated carbocycles. The molecule has 0 radical (unpaired) electrons. The number of anilines is 1. The van der Waals surface area contributed by atoms with Gasteiger partial charge >= 0.3 is 5.69 Å². The van der Waals surface area contributed by atoms with Crippen molar-refractivity contribution in [3.05, 3.63) is 102 Å². The highest BCUT2D eigenvalue weighted by atomic mass is 127. The first-order chi connectivity index (χ1) is 17.5. The van der Waals surface area contributed by atoms with Gasteiger partial charge in [-0.05, 0) is 53.4 Å². The first-order valence-corrected chi connectivity index (χ1v) is 13.1. The van der Waals surface area contributed by atoms with Crippen LogP contribution in [0.4, 0.5) is 5.69 Å². The van der Waals surface area contributed by atoms with E-state index in [1.807, 2.05) is 60.7 Å². The third-order valence-electron chi connectivity index (χ3n) is 6.82. The Hall–Kier alpha value is -3.11. The predicted molar refractivity (Wildman–Crippen MR) is 153 cm³/mol. The van der Waals surface area contributed by atoms with Gasteiger partial charge < -0.3 is 14.5 Å². The van der Waals surface area contributed by atoms with Gasteiger partial charge in [0.05, 0.1) is 36.8 Å². The number of aromatic nitrogens is 2. The molecule has 2 heterocycles. The number of halogens is 1. The summed E-state index contributed by atoms with van der Waals surface area (Å²) in [6.45, 7) is 4.02. The molecule has 0 spiro atoms. The maximum Gasteiger partial charge on any atom is 0.332 e. The number of methoxy groups -OCH3 is 1. The van der Waals surface area contributed by atoms with E-state index in [1.54, 1.807) is 11.7 Å². The molecule has 3 aromatic carbocycles. The van der Waals surface area contributed by atoms with Gasteiger partial charge in [0.25, 0.3) is 5.56 Å². The molecule has 0 aliphatic carbocycles. The number of ether oxygens (including phenoxy) is 1. The van der Waals surface area contributed by atoms with E-state index in [9.17, 15) is 9.59 Å². The summed E-state index contributed by atoms with van der Waals surface area (Å²) in [6.07, 6.45) is 0. The molecule has 0 amide bonds. The molecule has 1 fully saturated rings. The van der Waals surface area contributed by atoms with E-state index in [2.05, 4.69) is 45.5 Å². The fraction of sp³-hybridized carbons (Fsp3) is 0.286. The van der Waals surface area contributed by atoms with Crippen LogP contribution in [0.25, 0.3) is 10.9 Å². The molecule has 36 heavy (non-hydrogen) atoms. The van der Waals surface area contributed by atoms with E-state index in [-0.39, 0.29) is 17.8 Å². The molecule has 1 aromatic heterocycles. The lowest BCUT2D eigenvalue weighted by atomic mass is 10.1. The van der Waals surface area contributed by atoms with E-state index in [0.29, 0.717) is 23.2 Å². The lowest BCUT2D eigenvalue weighted by molar-refractivity contribution is 0.313. The number of rotatable bonds is 6. The van der Waals surface area contributed by atoms with Crippen LogP contribution in [0.5, 0.6) is 5.75 Å². The number of piperazine rings is 1. The van der Waals surface area contributed by atoms with Gasteiger partial charge in [-0.25, -0.2) is 4.79 Å². The zero-order valence-electron chi connectivity index (χ0n) is 20.5. The minimum absolute atomic E-state index is 0.139. The van der Waals surface area contributed by atoms with Crippen molar-refractivity contribution < 1.29 is 4.74 Å². The minimum Gasteiger partial charge on any atom is -0.496 e. The van der Waals surface area contributed by atoms with Crippen molar-refractivity contribution in [3.8, 4) is 5.75 Å². The molecule has 0 bridgehead atoms. The van der Waals surface area contributed by atoms with Gasteiger partial charge in [-0.3, -0.25) is 13.9 Å². The molecule has 1 aliphatic rings. The molecule has 0 atom stereocenters. The zero-order valence-corrected chi connectivity index (χ0v) is 22.6. The van der Waals surface area contributed by atoms with Crippen LogP contribution in [0.1, 0.15) is 11.1 Å². The van der Waals surface area contributed by atoms with Crippen molar-refractivity contribution in [1.29, 1.82) is 0 Å². The number of fused-ring (bicyclic) bond motifs is 1. The average molecular weight is 596 g/mol. The lowest BCUT2D eigenvalue weighted by Crippen LogP contribution is -2.46. The maximum absolute atomic E-state index is 14.1. The Morgan fingerprint density at radius 1 is 0.861 bits per heavy atom. The predicted octanol–water partition coefficient (Wildman–Crippen LogP) is 3.62. The van der Waals surface area contributed by atoms with Gasteiger partial charge in [0.2, 0.25) is 0 Å². The minimum atomic E-state index is -0.325. The van der Waals surface area contributed by atoms with Gasteiger partial charge in [0.1, 0.15) is 5.75 Å². The van der Waals surface area contributed by atoms with Crippen LogP contribution in [0.15, 0.2) is 76.3 Å². The Morgan fingerprint density at radius 2 is 1.56 bits per heavy atom. The van der Waals surface area contributed by atoms with Crippen molar-refractivity contribution in [3.63, 3.8) is 0 Å². The third kappa shape index (κ3) is 4.79. The second-order valence-electron chi connectivity index (χ2n) is 9.17. The number of likely N-dealkylation sites (N-methyl/N-ethyl adjacent to an activating group) is 1. The summed E-state index contributed by atoms with van der Waals surface area (Å²) in [5.41, 5.74) is 2.76. The Labute approximate surface area is 223 Å². The maximum atomic E-state index is 14.1. The summed E-state index contributed by atoms with van der Waals surface area (Å²) >= 11 is 2.28. The van der Waals surface area contributed by atoms with Gasteiger partial charge in [0.15, 0.2) is 0 Å². The SMILES string of the molecule is COc1ccccc1Cn1c(=O)c2c(N3CCN(C)CC3)cc(I)cc2n(Cc2ccccc2)c1=O.